The summed E-state index contributed by atoms with van der Waals surface area (Å²) in [7, 11) is 0. The van der Waals surface area contributed by atoms with Crippen molar-refractivity contribution < 1.29 is 22.7 Å². The minimum absolute atomic E-state index is 0.223. The largest absolute Gasteiger partial charge is 0.444 e. The Kier molecular flexibility index (Phi) is 8.96. The van der Waals surface area contributed by atoms with Gasteiger partial charge in [-0.25, -0.2) is 4.79 Å². The number of amides is 1. The molecule has 2 aliphatic heterocycles. The van der Waals surface area contributed by atoms with Crippen LogP contribution >= 0.6 is 0 Å². The van der Waals surface area contributed by atoms with Gasteiger partial charge in [-0.05, 0) is 87.6 Å². The number of rotatable bonds is 6. The zero-order valence-electron chi connectivity index (χ0n) is 25.2. The molecule has 0 aliphatic carbocycles. The van der Waals surface area contributed by atoms with E-state index in [9.17, 15) is 18.0 Å². The average molecular weight is 600 g/mol. The first-order valence-corrected chi connectivity index (χ1v) is 14.9. The monoisotopic (exact) mass is 599 g/mol. The van der Waals surface area contributed by atoms with Gasteiger partial charge in [-0.3, -0.25) is 4.90 Å². The van der Waals surface area contributed by atoms with Crippen LogP contribution in [0.3, 0.4) is 0 Å². The topological polar surface area (TPSA) is 86.7 Å². The number of hydrogen-bond donors (Lipinski definition) is 1. The number of nitrogens with one attached hydrogen (secondary N) is 1. The lowest BCUT2D eigenvalue weighted by atomic mass is 9.96. The molecule has 3 aromatic rings. The lowest BCUT2D eigenvalue weighted by Gasteiger charge is -2.39. The van der Waals surface area contributed by atoms with Gasteiger partial charge < -0.3 is 19.9 Å². The summed E-state index contributed by atoms with van der Waals surface area (Å²) >= 11 is 0. The molecule has 1 amide bonds. The number of carbonyl (C=O) groups excluding carboxylic acids is 1. The number of aromatic nitrogens is 3. The molecule has 43 heavy (non-hydrogen) atoms. The van der Waals surface area contributed by atoms with Crippen molar-refractivity contribution in [2.75, 3.05) is 56.0 Å². The van der Waals surface area contributed by atoms with Gasteiger partial charge in [-0.1, -0.05) is 12.1 Å². The highest BCUT2D eigenvalue weighted by atomic mass is 19.4. The molecule has 0 saturated carbocycles. The highest BCUT2D eigenvalue weighted by Gasteiger charge is 2.31. The first kappa shape index (κ1) is 30.8. The summed E-state index contributed by atoms with van der Waals surface area (Å²) in [6.45, 7) is 13.6. The number of halogens is 3. The number of benzene rings is 2. The molecule has 5 rings (SSSR count). The van der Waals surface area contributed by atoms with Crippen LogP contribution in [0.2, 0.25) is 0 Å². The van der Waals surface area contributed by atoms with Crippen LogP contribution in [0.15, 0.2) is 42.5 Å². The molecular weight excluding hydrogens is 559 g/mol. The van der Waals surface area contributed by atoms with Gasteiger partial charge in [0.15, 0.2) is 5.82 Å². The zero-order chi connectivity index (χ0) is 30.8. The molecular formula is C31H40F3N7O2. The van der Waals surface area contributed by atoms with Crippen LogP contribution in [0.5, 0.6) is 0 Å². The van der Waals surface area contributed by atoms with Crippen LogP contribution in [-0.2, 0) is 10.9 Å². The van der Waals surface area contributed by atoms with Crippen molar-refractivity contribution in [1.82, 2.24) is 25.2 Å². The lowest BCUT2D eigenvalue weighted by Crippen LogP contribution is -2.49. The third kappa shape index (κ3) is 7.84. The molecule has 0 spiro atoms. The summed E-state index contributed by atoms with van der Waals surface area (Å²) in [5.74, 6) is 1.04. The highest BCUT2D eigenvalue weighted by molar-refractivity contribution is 5.91. The third-order valence-corrected chi connectivity index (χ3v) is 8.12. The fourth-order valence-corrected chi connectivity index (χ4v) is 5.72. The molecule has 2 aromatic carbocycles. The van der Waals surface area contributed by atoms with Crippen molar-refractivity contribution in [3.8, 4) is 0 Å². The standard InChI is InChI=1S/C31H40F3N7O2/c1-21(23-6-5-7-24(18-23)31(32,33)34)35-28-26-19-25(8-9-27(26)36-38-37-28)40-16-14-39(15-17-40)20-22-10-12-41(13-11-22)29(42)43-30(2,3)4/h5-9,18-19,21-22H,10-17,20H2,1-4H3,(H,35,36,37)/t21-/m1/s1. The molecule has 0 bridgehead atoms. The second-order valence-electron chi connectivity index (χ2n) is 12.5. The van der Waals surface area contributed by atoms with Crippen molar-refractivity contribution in [3.63, 3.8) is 0 Å². The summed E-state index contributed by atoms with van der Waals surface area (Å²) < 4.78 is 45.2. The van der Waals surface area contributed by atoms with Crippen LogP contribution in [0.1, 0.15) is 57.7 Å². The predicted octanol–water partition coefficient (Wildman–Crippen LogP) is 5.99. The van der Waals surface area contributed by atoms with E-state index in [1.165, 1.54) is 6.07 Å². The van der Waals surface area contributed by atoms with Gasteiger partial charge in [0.05, 0.1) is 17.1 Å². The zero-order valence-corrected chi connectivity index (χ0v) is 25.2. The van der Waals surface area contributed by atoms with E-state index >= 15 is 0 Å². The van der Waals surface area contributed by atoms with Gasteiger partial charge in [-0.15, -0.1) is 10.2 Å². The van der Waals surface area contributed by atoms with E-state index in [-0.39, 0.29) is 6.09 Å². The van der Waals surface area contributed by atoms with Crippen LogP contribution in [0, 0.1) is 5.92 Å². The number of ether oxygens (including phenoxy) is 1. The Morgan fingerprint density at radius 1 is 1.00 bits per heavy atom. The molecule has 1 atom stereocenters. The first-order chi connectivity index (χ1) is 20.4. The summed E-state index contributed by atoms with van der Waals surface area (Å²) in [6, 6.07) is 10.8. The second-order valence-corrected chi connectivity index (χ2v) is 12.5. The number of anilines is 2. The van der Waals surface area contributed by atoms with E-state index in [2.05, 4.69) is 30.5 Å². The number of hydrogen-bond acceptors (Lipinski definition) is 8. The van der Waals surface area contributed by atoms with Gasteiger partial charge in [0.1, 0.15) is 5.60 Å². The van der Waals surface area contributed by atoms with E-state index in [1.54, 1.807) is 13.0 Å². The Labute approximate surface area is 250 Å². The van der Waals surface area contributed by atoms with Gasteiger partial charge in [0.25, 0.3) is 0 Å². The molecule has 1 aromatic heterocycles. The van der Waals surface area contributed by atoms with Crippen molar-refractivity contribution in [3.05, 3.63) is 53.6 Å². The van der Waals surface area contributed by atoms with E-state index < -0.39 is 23.4 Å². The molecule has 3 heterocycles. The number of alkyl halides is 3. The summed E-state index contributed by atoms with van der Waals surface area (Å²) in [4.78, 5) is 19.0. The molecule has 2 fully saturated rings. The van der Waals surface area contributed by atoms with Crippen LogP contribution in [0.4, 0.5) is 29.5 Å². The average Bonchev–Trinajstić information content (AvgIpc) is 2.97. The Hall–Kier alpha value is -3.67. The molecule has 1 N–H and O–H groups in total. The molecule has 232 valence electrons. The van der Waals surface area contributed by atoms with Gasteiger partial charge >= 0.3 is 12.3 Å². The van der Waals surface area contributed by atoms with E-state index in [0.717, 1.165) is 81.9 Å². The van der Waals surface area contributed by atoms with Gasteiger partial charge in [0, 0.05) is 56.9 Å². The van der Waals surface area contributed by atoms with Crippen molar-refractivity contribution in [2.45, 2.75) is 58.4 Å². The van der Waals surface area contributed by atoms with Crippen molar-refractivity contribution in [2.24, 2.45) is 5.92 Å². The SMILES string of the molecule is C[C@@H](Nc1nnnc2ccc(N3CCN(CC4CCN(C(=O)OC(C)(C)C)CC4)CC3)cc12)c1cccc(C(F)(F)F)c1. The Morgan fingerprint density at radius 2 is 1.72 bits per heavy atom. The minimum Gasteiger partial charge on any atom is -0.444 e. The Balaban J connectivity index is 1.17. The summed E-state index contributed by atoms with van der Waals surface area (Å²) in [5, 5.41) is 16.2. The maximum absolute atomic E-state index is 13.2. The predicted molar refractivity (Wildman–Crippen MR) is 160 cm³/mol. The van der Waals surface area contributed by atoms with Crippen LogP contribution in [0.25, 0.3) is 10.9 Å². The highest BCUT2D eigenvalue weighted by Crippen LogP contribution is 2.33. The summed E-state index contributed by atoms with van der Waals surface area (Å²) in [6.07, 6.45) is -2.67. The molecule has 12 heteroatoms. The number of nitrogens with zero attached hydrogens (tertiary/aromatic N) is 6. The van der Waals surface area contributed by atoms with E-state index in [1.807, 2.05) is 43.9 Å². The molecule has 9 nitrogen and oxygen atoms in total. The fraction of sp³-hybridized carbons (Fsp3) is 0.548. The maximum Gasteiger partial charge on any atom is 0.416 e. The molecule has 2 aliphatic rings. The van der Waals surface area contributed by atoms with Crippen LogP contribution in [-0.4, -0.2) is 82.7 Å². The Bertz CT molecular complexity index is 1410. The maximum atomic E-state index is 13.2. The summed E-state index contributed by atoms with van der Waals surface area (Å²) in [5.41, 5.74) is 1.04. The van der Waals surface area contributed by atoms with Crippen LogP contribution < -0.4 is 10.2 Å². The van der Waals surface area contributed by atoms with Crippen molar-refractivity contribution >= 4 is 28.5 Å². The lowest BCUT2D eigenvalue weighted by molar-refractivity contribution is -0.137. The van der Waals surface area contributed by atoms with E-state index in [4.69, 9.17) is 4.74 Å². The Morgan fingerprint density at radius 3 is 2.40 bits per heavy atom. The van der Waals surface area contributed by atoms with Gasteiger partial charge in [0.2, 0.25) is 0 Å². The third-order valence-electron chi connectivity index (χ3n) is 8.12. The number of likely N-dealkylation sites (tertiary alicyclic amines) is 1. The van der Waals surface area contributed by atoms with Gasteiger partial charge in [-0.2, -0.15) is 13.2 Å². The number of piperazine rings is 1. The number of carbonyl (C=O) groups is 1. The minimum atomic E-state index is -4.41. The quantitative estimate of drug-likeness (QED) is 0.370. The molecule has 0 unspecified atom stereocenters. The first-order valence-electron chi connectivity index (χ1n) is 14.9. The fourth-order valence-electron chi connectivity index (χ4n) is 5.72. The van der Waals surface area contributed by atoms with Crippen molar-refractivity contribution in [1.29, 1.82) is 0 Å². The van der Waals surface area contributed by atoms with E-state index in [0.29, 0.717) is 22.8 Å². The second kappa shape index (κ2) is 12.5. The smallest absolute Gasteiger partial charge is 0.416 e. The molecule has 2 saturated heterocycles. The normalized spacial score (nSPS) is 18.1. The molecule has 0 radical (unpaired) electrons. The number of fused-ring (bicyclic) bond motifs is 1. The number of piperidine rings is 1.